The lowest BCUT2D eigenvalue weighted by molar-refractivity contribution is -0.134. The molecule has 0 bridgehead atoms. The minimum absolute atomic E-state index is 0.00715. The number of hydrogen-bond donors (Lipinski definition) is 0. The standard InChI is InChI=1S/C20H23N3O2S/c1-22(2)19(24)15-10-13-23(14-11-15)20(25)17-9-6-12-21-18(17)26-16-7-4-3-5-8-16/h3-9,12,15H,10-11,13-14H2,1-2H3. The molecule has 1 aliphatic heterocycles. The second-order valence-electron chi connectivity index (χ2n) is 6.57. The van der Waals surface area contributed by atoms with Crippen LogP contribution in [0.2, 0.25) is 0 Å². The van der Waals surface area contributed by atoms with Gasteiger partial charge >= 0.3 is 0 Å². The molecule has 0 spiro atoms. The van der Waals surface area contributed by atoms with Gasteiger partial charge in [-0.1, -0.05) is 30.0 Å². The molecule has 5 nitrogen and oxygen atoms in total. The molecule has 1 fully saturated rings. The summed E-state index contributed by atoms with van der Waals surface area (Å²) in [5, 5.41) is 0.718. The van der Waals surface area contributed by atoms with E-state index in [1.54, 1.807) is 31.3 Å². The average molecular weight is 369 g/mol. The van der Waals surface area contributed by atoms with Gasteiger partial charge in [0.1, 0.15) is 5.03 Å². The molecule has 1 aromatic carbocycles. The van der Waals surface area contributed by atoms with Crippen molar-refractivity contribution in [2.45, 2.75) is 22.8 Å². The van der Waals surface area contributed by atoms with Gasteiger partial charge in [-0.25, -0.2) is 4.98 Å². The fraction of sp³-hybridized carbons (Fsp3) is 0.350. The van der Waals surface area contributed by atoms with Gasteiger partial charge in [0.15, 0.2) is 0 Å². The molecular weight excluding hydrogens is 346 g/mol. The normalized spacial score (nSPS) is 14.9. The highest BCUT2D eigenvalue weighted by atomic mass is 32.2. The summed E-state index contributed by atoms with van der Waals surface area (Å²) in [5.74, 6) is 0.159. The van der Waals surface area contributed by atoms with Crippen molar-refractivity contribution < 1.29 is 9.59 Å². The minimum Gasteiger partial charge on any atom is -0.349 e. The van der Waals surface area contributed by atoms with Crippen molar-refractivity contribution in [2.75, 3.05) is 27.2 Å². The van der Waals surface area contributed by atoms with Crippen LogP contribution in [0, 0.1) is 5.92 Å². The molecule has 136 valence electrons. The Bertz CT molecular complexity index is 772. The zero-order valence-electron chi connectivity index (χ0n) is 15.1. The second kappa shape index (κ2) is 8.36. The Hall–Kier alpha value is -2.34. The van der Waals surface area contributed by atoms with Crippen LogP contribution in [0.15, 0.2) is 58.6 Å². The van der Waals surface area contributed by atoms with E-state index in [-0.39, 0.29) is 17.7 Å². The van der Waals surface area contributed by atoms with E-state index in [9.17, 15) is 9.59 Å². The number of amides is 2. The van der Waals surface area contributed by atoms with Crippen LogP contribution in [0.1, 0.15) is 23.2 Å². The zero-order valence-corrected chi connectivity index (χ0v) is 15.9. The third-order valence-corrected chi connectivity index (χ3v) is 5.56. The van der Waals surface area contributed by atoms with E-state index in [1.165, 1.54) is 11.8 Å². The van der Waals surface area contributed by atoms with Gasteiger partial charge in [0.05, 0.1) is 5.56 Å². The van der Waals surface area contributed by atoms with Gasteiger partial charge in [0.2, 0.25) is 5.91 Å². The van der Waals surface area contributed by atoms with Crippen LogP contribution in [-0.2, 0) is 4.79 Å². The molecule has 0 radical (unpaired) electrons. The highest BCUT2D eigenvalue weighted by Gasteiger charge is 2.29. The molecule has 1 aromatic heterocycles. The second-order valence-corrected chi connectivity index (χ2v) is 7.63. The van der Waals surface area contributed by atoms with E-state index in [1.807, 2.05) is 41.3 Å². The van der Waals surface area contributed by atoms with Gasteiger partial charge in [0, 0.05) is 44.2 Å². The molecule has 2 amide bonds. The molecule has 6 heteroatoms. The number of carbonyl (C=O) groups is 2. The maximum absolute atomic E-state index is 13.0. The molecule has 2 heterocycles. The molecular formula is C20H23N3O2S. The third-order valence-electron chi connectivity index (χ3n) is 4.53. The lowest BCUT2D eigenvalue weighted by Crippen LogP contribution is -2.42. The van der Waals surface area contributed by atoms with E-state index in [4.69, 9.17) is 0 Å². The highest BCUT2D eigenvalue weighted by Crippen LogP contribution is 2.30. The number of aromatic nitrogens is 1. The number of pyridine rings is 1. The lowest BCUT2D eigenvalue weighted by Gasteiger charge is -2.32. The molecule has 1 saturated heterocycles. The molecule has 0 atom stereocenters. The Kier molecular flexibility index (Phi) is 5.93. The summed E-state index contributed by atoms with van der Waals surface area (Å²) in [7, 11) is 3.56. The van der Waals surface area contributed by atoms with E-state index in [0.29, 0.717) is 31.5 Å². The zero-order chi connectivity index (χ0) is 18.5. The number of hydrogen-bond acceptors (Lipinski definition) is 4. The molecule has 0 unspecified atom stereocenters. The predicted molar refractivity (Wildman–Crippen MR) is 102 cm³/mol. The van der Waals surface area contributed by atoms with Crippen molar-refractivity contribution in [3.05, 3.63) is 54.2 Å². The summed E-state index contributed by atoms with van der Waals surface area (Å²) in [6.45, 7) is 1.21. The van der Waals surface area contributed by atoms with Crippen LogP contribution in [0.4, 0.5) is 0 Å². The first-order valence-corrected chi connectivity index (χ1v) is 9.56. The van der Waals surface area contributed by atoms with E-state index < -0.39 is 0 Å². The SMILES string of the molecule is CN(C)C(=O)C1CCN(C(=O)c2cccnc2Sc2ccccc2)CC1. The summed E-state index contributed by atoms with van der Waals surface area (Å²) in [5.41, 5.74) is 0.624. The summed E-state index contributed by atoms with van der Waals surface area (Å²) in [6, 6.07) is 13.5. The van der Waals surface area contributed by atoms with Gasteiger partial charge in [-0.3, -0.25) is 9.59 Å². The van der Waals surface area contributed by atoms with E-state index in [0.717, 1.165) is 9.92 Å². The van der Waals surface area contributed by atoms with Crippen LogP contribution in [0.3, 0.4) is 0 Å². The molecule has 0 N–H and O–H groups in total. The summed E-state index contributed by atoms with van der Waals surface area (Å²) in [4.78, 5) is 34.0. The van der Waals surface area contributed by atoms with Crippen LogP contribution in [-0.4, -0.2) is 53.8 Å². The Morgan fingerprint density at radius 3 is 2.42 bits per heavy atom. The first-order valence-electron chi connectivity index (χ1n) is 8.74. The summed E-state index contributed by atoms with van der Waals surface area (Å²) >= 11 is 1.50. The maximum Gasteiger partial charge on any atom is 0.256 e. The predicted octanol–water partition coefficient (Wildman–Crippen LogP) is 3.17. The third kappa shape index (κ3) is 4.25. The fourth-order valence-corrected chi connectivity index (χ4v) is 4.00. The van der Waals surface area contributed by atoms with Crippen LogP contribution in [0.5, 0.6) is 0 Å². The fourth-order valence-electron chi connectivity index (χ4n) is 3.10. The Morgan fingerprint density at radius 2 is 1.77 bits per heavy atom. The van der Waals surface area contributed by atoms with Gasteiger partial charge in [-0.2, -0.15) is 0 Å². The van der Waals surface area contributed by atoms with Crippen LogP contribution >= 0.6 is 11.8 Å². The van der Waals surface area contributed by atoms with Gasteiger partial charge in [0.25, 0.3) is 5.91 Å². The molecule has 0 aliphatic carbocycles. The molecule has 26 heavy (non-hydrogen) atoms. The lowest BCUT2D eigenvalue weighted by atomic mass is 9.95. The van der Waals surface area contributed by atoms with Crippen molar-refractivity contribution in [3.8, 4) is 0 Å². The van der Waals surface area contributed by atoms with Gasteiger partial charge in [-0.05, 0) is 37.1 Å². The molecule has 3 rings (SSSR count). The summed E-state index contributed by atoms with van der Waals surface area (Å²) < 4.78 is 0. The molecule has 1 aliphatic rings. The maximum atomic E-state index is 13.0. The summed E-state index contributed by atoms with van der Waals surface area (Å²) in [6.07, 6.45) is 3.14. The number of nitrogens with zero attached hydrogens (tertiary/aromatic N) is 3. The number of benzene rings is 1. The van der Waals surface area contributed by atoms with E-state index >= 15 is 0 Å². The van der Waals surface area contributed by atoms with Gasteiger partial charge < -0.3 is 9.80 Å². The first kappa shape index (κ1) is 18.5. The van der Waals surface area contributed by atoms with Crippen molar-refractivity contribution >= 4 is 23.6 Å². The van der Waals surface area contributed by atoms with Gasteiger partial charge in [-0.15, -0.1) is 0 Å². The highest BCUT2D eigenvalue weighted by molar-refractivity contribution is 7.99. The average Bonchev–Trinajstić information content (AvgIpc) is 2.68. The Morgan fingerprint density at radius 1 is 1.08 bits per heavy atom. The quantitative estimate of drug-likeness (QED) is 0.831. The van der Waals surface area contributed by atoms with Crippen molar-refractivity contribution in [1.82, 2.24) is 14.8 Å². The Labute approximate surface area is 158 Å². The smallest absolute Gasteiger partial charge is 0.256 e. The van der Waals surface area contributed by atoms with Crippen LogP contribution < -0.4 is 0 Å². The monoisotopic (exact) mass is 369 g/mol. The van der Waals surface area contributed by atoms with Crippen molar-refractivity contribution in [2.24, 2.45) is 5.92 Å². The first-order chi connectivity index (χ1) is 12.6. The van der Waals surface area contributed by atoms with Crippen molar-refractivity contribution in [3.63, 3.8) is 0 Å². The largest absolute Gasteiger partial charge is 0.349 e. The van der Waals surface area contributed by atoms with Crippen LogP contribution in [0.25, 0.3) is 0 Å². The number of carbonyl (C=O) groups excluding carboxylic acids is 2. The number of likely N-dealkylation sites (tertiary alicyclic amines) is 1. The van der Waals surface area contributed by atoms with E-state index in [2.05, 4.69) is 4.98 Å². The minimum atomic E-state index is -0.00715. The molecule has 2 aromatic rings. The Balaban J connectivity index is 1.70. The molecule has 0 saturated carbocycles. The number of rotatable bonds is 4. The topological polar surface area (TPSA) is 53.5 Å². The van der Waals surface area contributed by atoms with Crippen molar-refractivity contribution in [1.29, 1.82) is 0 Å². The number of piperidine rings is 1.